The van der Waals surface area contributed by atoms with Crippen molar-refractivity contribution in [3.63, 3.8) is 0 Å². The van der Waals surface area contributed by atoms with Crippen molar-refractivity contribution in [1.82, 2.24) is 4.98 Å². The van der Waals surface area contributed by atoms with Crippen molar-refractivity contribution < 1.29 is 9.18 Å². The summed E-state index contributed by atoms with van der Waals surface area (Å²) in [6.45, 7) is 0. The Morgan fingerprint density at radius 2 is 1.95 bits per heavy atom. The summed E-state index contributed by atoms with van der Waals surface area (Å²) in [4.78, 5) is 16.3. The smallest absolute Gasteiger partial charge is 0.258 e. The van der Waals surface area contributed by atoms with Crippen LogP contribution in [0.25, 0.3) is 10.9 Å². The lowest BCUT2D eigenvalue weighted by molar-refractivity contribution is 0.102. The number of rotatable bonds is 2. The largest absolute Gasteiger partial charge is 0.320 e. The van der Waals surface area contributed by atoms with Gasteiger partial charge in [0.1, 0.15) is 0 Å². The third kappa shape index (κ3) is 2.71. The highest BCUT2D eigenvalue weighted by Crippen LogP contribution is 2.20. The number of amides is 1. The molecule has 0 atom stereocenters. The Labute approximate surface area is 125 Å². The Balaban J connectivity index is 1.91. The lowest BCUT2D eigenvalue weighted by Gasteiger charge is -2.07. The minimum Gasteiger partial charge on any atom is -0.320 e. The van der Waals surface area contributed by atoms with Crippen LogP contribution >= 0.6 is 11.6 Å². The second kappa shape index (κ2) is 5.50. The molecule has 3 nitrogen and oxygen atoms in total. The second-order valence-electron chi connectivity index (χ2n) is 4.47. The molecule has 0 aliphatic heterocycles. The first-order valence-corrected chi connectivity index (χ1v) is 6.63. The molecule has 0 saturated carbocycles. The third-order valence-corrected chi connectivity index (χ3v) is 3.34. The Kier molecular flexibility index (Phi) is 3.54. The van der Waals surface area contributed by atoms with Gasteiger partial charge in [0.05, 0.1) is 28.0 Å². The highest BCUT2D eigenvalue weighted by molar-refractivity contribution is 6.31. The molecule has 1 heterocycles. The summed E-state index contributed by atoms with van der Waals surface area (Å²) < 4.78 is 13.8. The van der Waals surface area contributed by atoms with Gasteiger partial charge in [-0.05, 0) is 24.3 Å². The number of carbonyl (C=O) groups is 1. The van der Waals surface area contributed by atoms with Crippen LogP contribution in [-0.2, 0) is 0 Å². The molecule has 0 aliphatic carbocycles. The average molecular weight is 301 g/mol. The molecule has 0 unspecified atom stereocenters. The van der Waals surface area contributed by atoms with Crippen LogP contribution in [0.3, 0.4) is 0 Å². The molecular formula is C16H10ClFN2O. The number of nitrogens with one attached hydrogen (secondary N) is 1. The first kappa shape index (κ1) is 13.5. The molecule has 0 fully saturated rings. The fraction of sp³-hybridized carbons (Fsp3) is 0. The summed E-state index contributed by atoms with van der Waals surface area (Å²) in [5, 5.41) is 3.42. The van der Waals surface area contributed by atoms with Crippen molar-refractivity contribution in [2.24, 2.45) is 0 Å². The van der Waals surface area contributed by atoms with Crippen molar-refractivity contribution in [1.29, 1.82) is 0 Å². The van der Waals surface area contributed by atoms with Gasteiger partial charge in [-0.15, -0.1) is 0 Å². The molecule has 1 amide bonds. The maximum atomic E-state index is 13.8. The first-order chi connectivity index (χ1) is 10.1. The fourth-order valence-electron chi connectivity index (χ4n) is 2.02. The molecule has 1 N–H and O–H groups in total. The summed E-state index contributed by atoms with van der Waals surface area (Å²) in [5.74, 6) is -1.29. The van der Waals surface area contributed by atoms with E-state index in [0.717, 1.165) is 10.9 Å². The van der Waals surface area contributed by atoms with Crippen LogP contribution in [0.4, 0.5) is 10.1 Å². The Morgan fingerprint density at radius 3 is 2.81 bits per heavy atom. The van der Waals surface area contributed by atoms with Crippen LogP contribution < -0.4 is 5.32 Å². The van der Waals surface area contributed by atoms with E-state index >= 15 is 0 Å². The number of benzene rings is 2. The summed E-state index contributed by atoms with van der Waals surface area (Å²) >= 11 is 5.67. The topological polar surface area (TPSA) is 42.0 Å². The van der Waals surface area contributed by atoms with Crippen molar-refractivity contribution in [3.8, 4) is 0 Å². The van der Waals surface area contributed by atoms with E-state index in [1.165, 1.54) is 24.4 Å². The van der Waals surface area contributed by atoms with Gasteiger partial charge >= 0.3 is 0 Å². The lowest BCUT2D eigenvalue weighted by Crippen LogP contribution is -2.14. The molecule has 0 bridgehead atoms. The highest BCUT2D eigenvalue weighted by Gasteiger charge is 2.14. The zero-order valence-corrected chi connectivity index (χ0v) is 11.6. The van der Waals surface area contributed by atoms with E-state index < -0.39 is 11.7 Å². The van der Waals surface area contributed by atoms with Crippen LogP contribution in [-0.4, -0.2) is 10.9 Å². The summed E-state index contributed by atoms with van der Waals surface area (Å²) in [6.07, 6.45) is 1.53. The predicted molar refractivity (Wildman–Crippen MR) is 81.1 cm³/mol. The van der Waals surface area contributed by atoms with Crippen molar-refractivity contribution in [2.75, 3.05) is 5.32 Å². The lowest BCUT2D eigenvalue weighted by atomic mass is 10.2. The number of pyridine rings is 1. The maximum absolute atomic E-state index is 13.8. The van der Waals surface area contributed by atoms with Gasteiger partial charge in [-0.2, -0.15) is 0 Å². The molecule has 0 saturated heterocycles. The van der Waals surface area contributed by atoms with Crippen LogP contribution in [0.2, 0.25) is 5.02 Å². The van der Waals surface area contributed by atoms with Gasteiger partial charge in [-0.3, -0.25) is 9.78 Å². The number of halogens is 2. The predicted octanol–water partition coefficient (Wildman–Crippen LogP) is 4.28. The number of hydrogen-bond acceptors (Lipinski definition) is 2. The van der Waals surface area contributed by atoms with Gasteiger partial charge in [-0.1, -0.05) is 35.9 Å². The third-order valence-electron chi connectivity index (χ3n) is 3.04. The quantitative estimate of drug-likeness (QED) is 0.767. The summed E-state index contributed by atoms with van der Waals surface area (Å²) in [7, 11) is 0. The van der Waals surface area contributed by atoms with Crippen molar-refractivity contribution in [2.45, 2.75) is 0 Å². The maximum Gasteiger partial charge on any atom is 0.258 e. The molecule has 2 aromatic carbocycles. The second-order valence-corrected chi connectivity index (χ2v) is 4.88. The molecule has 3 rings (SSSR count). The van der Waals surface area contributed by atoms with Gasteiger partial charge in [-0.25, -0.2) is 4.39 Å². The number of carbonyl (C=O) groups excluding carboxylic acids is 1. The Hall–Kier alpha value is -2.46. The number of aromatic nitrogens is 1. The highest BCUT2D eigenvalue weighted by atomic mass is 35.5. The molecule has 0 radical (unpaired) electrons. The molecule has 5 heteroatoms. The molecule has 21 heavy (non-hydrogen) atoms. The van der Waals surface area contributed by atoms with Crippen LogP contribution in [0.15, 0.2) is 54.7 Å². The summed E-state index contributed by atoms with van der Waals surface area (Å²) in [5.41, 5.74) is 1.22. The number of para-hydroxylation sites is 1. The monoisotopic (exact) mass is 300 g/mol. The number of anilines is 1. The SMILES string of the molecule is O=C(Nc1cnc2ccccc2c1)c1cccc(Cl)c1F. The zero-order chi connectivity index (χ0) is 14.8. The van der Waals surface area contributed by atoms with E-state index in [1.807, 2.05) is 24.3 Å². The number of nitrogens with zero attached hydrogens (tertiary/aromatic N) is 1. The first-order valence-electron chi connectivity index (χ1n) is 6.25. The molecule has 104 valence electrons. The van der Waals surface area contributed by atoms with E-state index in [2.05, 4.69) is 10.3 Å². The standard InChI is InChI=1S/C16H10ClFN2O/c17-13-6-3-5-12(15(13)18)16(21)20-11-8-10-4-1-2-7-14(10)19-9-11/h1-9H,(H,20,21). The van der Waals surface area contributed by atoms with E-state index in [-0.39, 0.29) is 10.6 Å². The normalized spacial score (nSPS) is 10.6. The van der Waals surface area contributed by atoms with Gasteiger partial charge in [0.2, 0.25) is 0 Å². The van der Waals surface area contributed by atoms with E-state index in [4.69, 9.17) is 11.6 Å². The van der Waals surface area contributed by atoms with E-state index in [0.29, 0.717) is 5.69 Å². The molecule has 0 aliphatic rings. The van der Waals surface area contributed by atoms with Crippen molar-refractivity contribution in [3.05, 3.63) is 71.1 Å². The fourth-order valence-corrected chi connectivity index (χ4v) is 2.19. The van der Waals surface area contributed by atoms with Gasteiger partial charge in [0.25, 0.3) is 5.91 Å². The van der Waals surface area contributed by atoms with Crippen molar-refractivity contribution >= 4 is 34.1 Å². The van der Waals surface area contributed by atoms with Gasteiger partial charge in [0.15, 0.2) is 5.82 Å². The molecule has 3 aromatic rings. The molecular weight excluding hydrogens is 291 g/mol. The minimum atomic E-state index is -0.731. The number of fused-ring (bicyclic) bond motifs is 1. The minimum absolute atomic E-state index is 0.0840. The average Bonchev–Trinajstić information content (AvgIpc) is 2.50. The van der Waals surface area contributed by atoms with Crippen LogP contribution in [0, 0.1) is 5.82 Å². The molecule has 1 aromatic heterocycles. The number of hydrogen-bond donors (Lipinski definition) is 1. The van der Waals surface area contributed by atoms with Gasteiger partial charge in [0, 0.05) is 5.39 Å². The molecule has 0 spiro atoms. The van der Waals surface area contributed by atoms with Crippen LogP contribution in [0.1, 0.15) is 10.4 Å². The van der Waals surface area contributed by atoms with E-state index in [9.17, 15) is 9.18 Å². The Bertz CT molecular complexity index is 835. The summed E-state index contributed by atoms with van der Waals surface area (Å²) in [6, 6.07) is 13.6. The van der Waals surface area contributed by atoms with Crippen LogP contribution in [0.5, 0.6) is 0 Å². The van der Waals surface area contributed by atoms with Gasteiger partial charge < -0.3 is 5.32 Å². The Morgan fingerprint density at radius 1 is 1.14 bits per heavy atom. The van der Waals surface area contributed by atoms with E-state index in [1.54, 1.807) is 6.07 Å². The zero-order valence-electron chi connectivity index (χ0n) is 10.8.